The lowest BCUT2D eigenvalue weighted by molar-refractivity contribution is -0.118. The molecule has 23 heavy (non-hydrogen) atoms. The number of amides is 2. The number of nitrogens with one attached hydrogen (secondary N) is 2. The number of rotatable bonds is 6. The molecular weight excluding hydrogens is 370 g/mol. The van der Waals surface area contributed by atoms with Crippen LogP contribution in [0.25, 0.3) is 0 Å². The van der Waals surface area contributed by atoms with Crippen LogP contribution in [0.1, 0.15) is 6.92 Å². The standard InChI is InChI=1S/C10H14N2O8P2S/c1-6(13)11-7-3-2-4-8(5-7)23-12-9(14)10(21(15,16)17)22(18,19)20/h2-5,10H,1H3,(H,11,13)(H,12,14)(H2,15,16,17)(H2,18,19,20). The van der Waals surface area contributed by atoms with Gasteiger partial charge in [-0.25, -0.2) is 0 Å². The topological polar surface area (TPSA) is 173 Å². The average Bonchev–Trinajstić information content (AvgIpc) is 2.32. The van der Waals surface area contributed by atoms with Crippen molar-refractivity contribution in [3.63, 3.8) is 0 Å². The lowest BCUT2D eigenvalue weighted by Gasteiger charge is -2.18. The molecule has 0 heterocycles. The summed E-state index contributed by atoms with van der Waals surface area (Å²) in [6.45, 7) is 1.30. The molecule has 0 bridgehead atoms. The summed E-state index contributed by atoms with van der Waals surface area (Å²) < 4.78 is 24.2. The van der Waals surface area contributed by atoms with Crippen LogP contribution in [-0.4, -0.2) is 36.8 Å². The van der Waals surface area contributed by atoms with Crippen LogP contribution in [0.15, 0.2) is 29.2 Å². The molecule has 1 aromatic rings. The van der Waals surface area contributed by atoms with E-state index < -0.39 is 26.5 Å². The second-order valence-corrected chi connectivity index (χ2v) is 9.01. The van der Waals surface area contributed by atoms with Crippen molar-refractivity contribution in [2.24, 2.45) is 0 Å². The fourth-order valence-corrected chi connectivity index (χ4v) is 4.66. The number of anilines is 1. The molecule has 0 spiro atoms. The van der Waals surface area contributed by atoms with Gasteiger partial charge in [-0.05, 0) is 30.1 Å². The summed E-state index contributed by atoms with van der Waals surface area (Å²) in [5.74, 6) is -1.82. The van der Waals surface area contributed by atoms with Crippen molar-refractivity contribution in [1.82, 2.24) is 4.72 Å². The first kappa shape index (κ1) is 19.9. The first-order chi connectivity index (χ1) is 10.4. The van der Waals surface area contributed by atoms with Crippen molar-refractivity contribution in [2.45, 2.75) is 17.2 Å². The quantitative estimate of drug-likeness (QED) is 0.301. The molecule has 128 valence electrons. The van der Waals surface area contributed by atoms with Crippen molar-refractivity contribution >= 4 is 44.6 Å². The highest BCUT2D eigenvalue weighted by atomic mass is 32.2. The first-order valence-electron chi connectivity index (χ1n) is 5.86. The summed E-state index contributed by atoms with van der Waals surface area (Å²) in [7, 11) is -10.7. The smallest absolute Gasteiger partial charge is 0.326 e. The van der Waals surface area contributed by atoms with Gasteiger partial charge >= 0.3 is 15.2 Å². The van der Waals surface area contributed by atoms with Gasteiger partial charge in [-0.3, -0.25) is 23.4 Å². The molecule has 0 aliphatic heterocycles. The van der Waals surface area contributed by atoms with E-state index in [-0.39, 0.29) is 5.91 Å². The predicted molar refractivity (Wildman–Crippen MR) is 82.6 cm³/mol. The van der Waals surface area contributed by atoms with Gasteiger partial charge in [0.05, 0.1) is 0 Å². The Morgan fingerprint density at radius 3 is 2.17 bits per heavy atom. The van der Waals surface area contributed by atoms with Crippen molar-refractivity contribution in [3.8, 4) is 0 Å². The van der Waals surface area contributed by atoms with Crippen LogP contribution in [0, 0.1) is 0 Å². The van der Waals surface area contributed by atoms with Gasteiger partial charge in [0.25, 0.3) is 5.91 Å². The SMILES string of the molecule is CC(=O)Nc1cccc(SNC(=O)C(P(=O)(O)O)P(=O)(O)O)c1. The van der Waals surface area contributed by atoms with Crippen LogP contribution in [0.4, 0.5) is 5.69 Å². The highest BCUT2D eigenvalue weighted by molar-refractivity contribution is 7.98. The zero-order valence-corrected chi connectivity index (χ0v) is 14.2. The molecule has 10 nitrogen and oxygen atoms in total. The molecule has 0 saturated heterocycles. The molecule has 2 amide bonds. The Labute approximate surface area is 135 Å². The summed E-state index contributed by atoms with van der Waals surface area (Å²) in [6.07, 6.45) is 0. The van der Waals surface area contributed by atoms with Crippen LogP contribution in [0.2, 0.25) is 0 Å². The number of carbonyl (C=O) groups is 2. The minimum absolute atomic E-state index is 0.320. The van der Waals surface area contributed by atoms with E-state index in [1.165, 1.54) is 19.1 Å². The number of hydrogen-bond acceptors (Lipinski definition) is 5. The van der Waals surface area contributed by atoms with E-state index >= 15 is 0 Å². The van der Waals surface area contributed by atoms with Gasteiger partial charge in [-0.2, -0.15) is 0 Å². The van der Waals surface area contributed by atoms with Crippen molar-refractivity contribution in [1.29, 1.82) is 0 Å². The van der Waals surface area contributed by atoms with E-state index in [0.29, 0.717) is 22.5 Å². The second kappa shape index (κ2) is 7.59. The Kier molecular flexibility index (Phi) is 6.55. The molecule has 0 unspecified atom stereocenters. The van der Waals surface area contributed by atoms with Gasteiger partial charge in [0, 0.05) is 17.5 Å². The summed E-state index contributed by atoms with van der Waals surface area (Å²) in [5, 5.41) is -0.287. The lowest BCUT2D eigenvalue weighted by atomic mass is 10.3. The maximum Gasteiger partial charge on any atom is 0.350 e. The Hall–Kier alpha value is -1.19. The second-order valence-electron chi connectivity index (χ2n) is 4.33. The molecule has 0 aliphatic rings. The van der Waals surface area contributed by atoms with Crippen LogP contribution in [0.5, 0.6) is 0 Å². The Morgan fingerprint density at radius 1 is 1.13 bits per heavy atom. The highest BCUT2D eigenvalue weighted by Crippen LogP contribution is 2.59. The normalized spacial score (nSPS) is 12.1. The van der Waals surface area contributed by atoms with Crippen molar-refractivity contribution in [2.75, 3.05) is 5.32 Å². The lowest BCUT2D eigenvalue weighted by Crippen LogP contribution is -2.30. The highest BCUT2D eigenvalue weighted by Gasteiger charge is 2.49. The van der Waals surface area contributed by atoms with E-state index in [1.807, 2.05) is 4.72 Å². The number of benzene rings is 1. The monoisotopic (exact) mass is 384 g/mol. The van der Waals surface area contributed by atoms with Crippen molar-refractivity contribution < 1.29 is 38.3 Å². The number of hydrogen-bond donors (Lipinski definition) is 6. The fourth-order valence-electron chi connectivity index (χ4n) is 1.50. The van der Waals surface area contributed by atoms with Crippen molar-refractivity contribution in [3.05, 3.63) is 24.3 Å². The maximum atomic E-state index is 11.7. The Morgan fingerprint density at radius 2 is 1.70 bits per heavy atom. The fraction of sp³-hybridized carbons (Fsp3) is 0.200. The van der Waals surface area contributed by atoms with E-state index in [2.05, 4.69) is 5.32 Å². The molecule has 0 radical (unpaired) electrons. The largest absolute Gasteiger partial charge is 0.350 e. The summed E-state index contributed by atoms with van der Waals surface area (Å²) in [5.41, 5.74) is 0.415. The molecule has 0 aromatic heterocycles. The third kappa shape index (κ3) is 6.44. The first-order valence-corrected chi connectivity index (χ1v) is 10.0. The predicted octanol–water partition coefficient (Wildman–Crippen LogP) is 0.450. The average molecular weight is 384 g/mol. The molecule has 0 saturated carbocycles. The van der Waals surface area contributed by atoms with Gasteiger partial charge < -0.3 is 24.9 Å². The van der Waals surface area contributed by atoms with E-state index in [0.717, 1.165) is 0 Å². The molecule has 0 atom stereocenters. The summed E-state index contributed by atoms with van der Waals surface area (Å²) in [6, 6.07) is 6.08. The third-order valence-corrected chi connectivity index (χ3v) is 6.64. The van der Waals surface area contributed by atoms with E-state index in [4.69, 9.17) is 19.6 Å². The molecule has 0 aliphatic carbocycles. The molecule has 13 heteroatoms. The molecule has 1 aromatic carbocycles. The number of carbonyl (C=O) groups excluding carboxylic acids is 2. The Bertz CT molecular complexity index is 678. The van der Waals surface area contributed by atoms with Gasteiger partial charge in [-0.1, -0.05) is 6.07 Å². The molecule has 1 rings (SSSR count). The van der Waals surface area contributed by atoms with Gasteiger partial charge in [0.1, 0.15) is 0 Å². The molecule has 6 N–H and O–H groups in total. The van der Waals surface area contributed by atoms with E-state index in [1.54, 1.807) is 12.1 Å². The van der Waals surface area contributed by atoms with Crippen LogP contribution < -0.4 is 10.0 Å². The van der Waals surface area contributed by atoms with E-state index in [9.17, 15) is 18.7 Å². The minimum Gasteiger partial charge on any atom is -0.326 e. The summed E-state index contributed by atoms with van der Waals surface area (Å²) in [4.78, 5) is 58.7. The maximum absolute atomic E-state index is 11.7. The van der Waals surface area contributed by atoms with Crippen LogP contribution in [-0.2, 0) is 18.7 Å². The molecule has 0 fully saturated rings. The Balaban J connectivity index is 2.84. The minimum atomic E-state index is -5.35. The zero-order valence-electron chi connectivity index (χ0n) is 11.6. The zero-order chi connectivity index (χ0) is 17.8. The van der Waals surface area contributed by atoms with Gasteiger partial charge in [0.2, 0.25) is 11.3 Å². The molecular formula is C10H14N2O8P2S. The van der Waals surface area contributed by atoms with Crippen LogP contribution in [0.3, 0.4) is 0 Å². The van der Waals surface area contributed by atoms with Gasteiger partial charge in [-0.15, -0.1) is 0 Å². The van der Waals surface area contributed by atoms with Gasteiger partial charge in [0.15, 0.2) is 0 Å². The van der Waals surface area contributed by atoms with Crippen LogP contribution >= 0.6 is 27.1 Å². The summed E-state index contributed by atoms with van der Waals surface area (Å²) >= 11 is 0.593. The third-order valence-electron chi connectivity index (χ3n) is 2.30.